The third-order valence-electron chi connectivity index (χ3n) is 9.06. The van der Waals surface area contributed by atoms with Crippen LogP contribution in [0.15, 0.2) is 54.4 Å². The van der Waals surface area contributed by atoms with Gasteiger partial charge in [0, 0.05) is 24.2 Å². The Hall–Kier alpha value is -3.01. The SMILES string of the molecule is Cc1nc(NC(=O)C2(c3ccc4c(c3)OCO4)CC2)sc1[C@H](c1ccccc1Cl)N1C=C(O[Si](C)(C)C(C)(C)C)CC1. The van der Waals surface area contributed by atoms with Crippen LogP contribution >= 0.6 is 22.9 Å². The van der Waals surface area contributed by atoms with Gasteiger partial charge < -0.3 is 24.1 Å². The highest BCUT2D eigenvalue weighted by atomic mass is 35.5. The predicted molar refractivity (Wildman–Crippen MR) is 170 cm³/mol. The first-order valence-corrected chi connectivity index (χ1v) is 18.6. The molecule has 6 rings (SSSR count). The maximum atomic E-state index is 13.7. The Kier molecular flexibility index (Phi) is 7.34. The van der Waals surface area contributed by atoms with Gasteiger partial charge in [-0.3, -0.25) is 4.79 Å². The quantitative estimate of drug-likeness (QED) is 0.255. The molecule has 1 atom stereocenters. The zero-order valence-electron chi connectivity index (χ0n) is 25.0. The van der Waals surface area contributed by atoms with Crippen LogP contribution in [0.5, 0.6) is 11.5 Å². The van der Waals surface area contributed by atoms with Crippen molar-refractivity contribution in [2.75, 3.05) is 18.7 Å². The van der Waals surface area contributed by atoms with Crippen LogP contribution in [0.3, 0.4) is 0 Å². The fourth-order valence-electron chi connectivity index (χ4n) is 5.38. The highest BCUT2D eigenvalue weighted by Crippen LogP contribution is 2.51. The van der Waals surface area contributed by atoms with Crippen LogP contribution in [0.1, 0.15) is 67.8 Å². The van der Waals surface area contributed by atoms with E-state index in [1.165, 1.54) is 11.3 Å². The molecule has 3 aromatic rings. The summed E-state index contributed by atoms with van der Waals surface area (Å²) in [5, 5.41) is 4.56. The van der Waals surface area contributed by atoms with Gasteiger partial charge in [-0.25, -0.2) is 4.98 Å². The minimum absolute atomic E-state index is 0.0397. The smallest absolute Gasteiger partial charge is 0.250 e. The van der Waals surface area contributed by atoms with Crippen LogP contribution in [0.25, 0.3) is 0 Å². The number of aryl methyl sites for hydroxylation is 1. The van der Waals surface area contributed by atoms with E-state index in [2.05, 4.69) is 56.3 Å². The third-order valence-corrected chi connectivity index (χ3v) is 14.9. The maximum absolute atomic E-state index is 13.7. The van der Waals surface area contributed by atoms with Crippen molar-refractivity contribution in [2.45, 2.75) is 76.5 Å². The standard InChI is InChI=1S/C32H38ClN3O4SSi/c1-20-28(41-30(34-20)35-29(37)32(14-15-32)21-11-12-25-26(17-21)39-19-38-25)27(23-9-7-8-10-24(23)33)36-16-13-22(18-36)40-42(5,6)31(2,3)4/h7-12,17-18,27H,13-16,19H2,1-6H3,(H,34,35,37)/t27-/m0/s1. The lowest BCUT2D eigenvalue weighted by Gasteiger charge is -2.36. The zero-order chi connectivity index (χ0) is 29.9. The van der Waals surface area contributed by atoms with Crippen LogP contribution in [0.4, 0.5) is 5.13 Å². The molecule has 10 heteroatoms. The van der Waals surface area contributed by atoms with E-state index in [1.54, 1.807) is 0 Å². The number of anilines is 1. The number of halogens is 1. The van der Waals surface area contributed by atoms with Gasteiger partial charge in [0.25, 0.3) is 0 Å². The van der Waals surface area contributed by atoms with Gasteiger partial charge in [0.1, 0.15) is 0 Å². The van der Waals surface area contributed by atoms with Crippen LogP contribution < -0.4 is 14.8 Å². The first kappa shape index (κ1) is 29.1. The molecule has 0 spiro atoms. The molecule has 1 N–H and O–H groups in total. The minimum atomic E-state index is -1.97. The lowest BCUT2D eigenvalue weighted by atomic mass is 9.94. The van der Waals surface area contributed by atoms with Gasteiger partial charge in [-0.2, -0.15) is 0 Å². The Morgan fingerprint density at radius 1 is 1.17 bits per heavy atom. The first-order chi connectivity index (χ1) is 19.9. The van der Waals surface area contributed by atoms with Gasteiger partial charge in [-0.1, -0.05) is 68.0 Å². The van der Waals surface area contributed by atoms with Crippen LogP contribution in [-0.4, -0.2) is 37.4 Å². The van der Waals surface area contributed by atoms with Crippen molar-refractivity contribution in [3.05, 3.63) is 81.1 Å². The number of benzene rings is 2. The number of nitrogens with one attached hydrogen (secondary N) is 1. The van der Waals surface area contributed by atoms with Crippen molar-refractivity contribution < 1.29 is 18.7 Å². The van der Waals surface area contributed by atoms with E-state index in [-0.39, 0.29) is 23.8 Å². The summed E-state index contributed by atoms with van der Waals surface area (Å²) in [6.07, 6.45) is 4.57. The normalized spacial score (nSPS) is 18.1. The number of hydrogen-bond donors (Lipinski definition) is 1. The molecule has 0 saturated heterocycles. The number of nitrogens with zero attached hydrogens (tertiary/aromatic N) is 2. The zero-order valence-corrected chi connectivity index (χ0v) is 27.6. The molecule has 42 heavy (non-hydrogen) atoms. The Balaban J connectivity index is 1.28. The molecule has 3 heterocycles. The number of thiazole rings is 1. The molecule has 1 fully saturated rings. The largest absolute Gasteiger partial charge is 0.545 e. The summed E-state index contributed by atoms with van der Waals surface area (Å²) in [6.45, 7) is 14.4. The Bertz CT molecular complexity index is 1560. The van der Waals surface area contributed by atoms with Crippen molar-refractivity contribution in [2.24, 2.45) is 0 Å². The van der Waals surface area contributed by atoms with E-state index in [0.29, 0.717) is 15.9 Å². The summed E-state index contributed by atoms with van der Waals surface area (Å²) in [5.74, 6) is 2.39. The molecule has 1 saturated carbocycles. The molecule has 1 aliphatic carbocycles. The van der Waals surface area contributed by atoms with E-state index >= 15 is 0 Å². The molecule has 0 radical (unpaired) electrons. The monoisotopic (exact) mass is 623 g/mol. The van der Waals surface area contributed by atoms with E-state index in [4.69, 9.17) is 30.5 Å². The van der Waals surface area contributed by atoms with Crippen molar-refractivity contribution in [3.63, 3.8) is 0 Å². The van der Waals surface area contributed by atoms with Crippen LogP contribution in [0, 0.1) is 6.92 Å². The second-order valence-corrected chi connectivity index (χ2v) is 19.1. The van der Waals surface area contributed by atoms with Crippen molar-refractivity contribution >= 4 is 42.3 Å². The highest BCUT2D eigenvalue weighted by molar-refractivity contribution is 7.16. The Morgan fingerprint density at radius 2 is 1.90 bits per heavy atom. The van der Waals surface area contributed by atoms with Crippen molar-refractivity contribution in [1.29, 1.82) is 0 Å². The van der Waals surface area contributed by atoms with Crippen LogP contribution in [0.2, 0.25) is 23.2 Å². The van der Waals surface area contributed by atoms with Gasteiger partial charge in [0.2, 0.25) is 21.0 Å². The number of rotatable bonds is 8. The Morgan fingerprint density at radius 3 is 2.62 bits per heavy atom. The fraction of sp³-hybridized carbons (Fsp3) is 0.438. The summed E-state index contributed by atoms with van der Waals surface area (Å²) in [6, 6.07) is 13.6. The van der Waals surface area contributed by atoms with Crippen molar-refractivity contribution in [1.82, 2.24) is 9.88 Å². The molecule has 1 aromatic heterocycles. The van der Waals surface area contributed by atoms with Gasteiger partial charge in [0.05, 0.1) is 27.8 Å². The molecule has 222 valence electrons. The number of carbonyl (C=O) groups is 1. The summed E-state index contributed by atoms with van der Waals surface area (Å²) in [4.78, 5) is 21.8. The predicted octanol–water partition coefficient (Wildman–Crippen LogP) is 8.16. The van der Waals surface area contributed by atoms with Gasteiger partial charge >= 0.3 is 0 Å². The molecule has 0 unspecified atom stereocenters. The van der Waals surface area contributed by atoms with Gasteiger partial charge in [-0.15, -0.1) is 0 Å². The molecule has 2 aliphatic heterocycles. The number of carbonyl (C=O) groups excluding carboxylic acids is 1. The average molecular weight is 624 g/mol. The van der Waals surface area contributed by atoms with Gasteiger partial charge in [0.15, 0.2) is 16.6 Å². The minimum Gasteiger partial charge on any atom is -0.545 e. The summed E-state index contributed by atoms with van der Waals surface area (Å²) < 4.78 is 17.7. The topological polar surface area (TPSA) is 72.9 Å². The lowest BCUT2D eigenvalue weighted by molar-refractivity contribution is -0.118. The number of aromatic nitrogens is 1. The molecule has 2 aromatic carbocycles. The second-order valence-electron chi connectivity index (χ2n) is 12.9. The average Bonchev–Trinajstić information content (AvgIpc) is 3.20. The van der Waals surface area contributed by atoms with E-state index in [0.717, 1.165) is 59.0 Å². The van der Waals surface area contributed by atoms with Gasteiger partial charge in [-0.05, 0) is 67.2 Å². The highest BCUT2D eigenvalue weighted by Gasteiger charge is 2.52. The maximum Gasteiger partial charge on any atom is 0.250 e. The molecule has 7 nitrogen and oxygen atoms in total. The fourth-order valence-corrected chi connectivity index (χ4v) is 7.84. The number of hydrogen-bond acceptors (Lipinski definition) is 7. The third kappa shape index (κ3) is 5.31. The van der Waals surface area contributed by atoms with E-state index in [1.807, 2.05) is 43.3 Å². The summed E-state index contributed by atoms with van der Waals surface area (Å²) in [5.41, 5.74) is 2.26. The molecule has 1 amide bonds. The number of fused-ring (bicyclic) bond motifs is 1. The molecular formula is C32H38ClN3O4SSi. The van der Waals surface area contributed by atoms with E-state index < -0.39 is 13.7 Å². The Labute approximate surface area is 258 Å². The van der Waals surface area contributed by atoms with E-state index in [9.17, 15) is 4.79 Å². The second kappa shape index (κ2) is 10.6. The summed E-state index contributed by atoms with van der Waals surface area (Å²) in [7, 11) is -1.97. The number of ether oxygens (including phenoxy) is 2. The molecular weight excluding hydrogens is 586 g/mol. The first-order valence-electron chi connectivity index (χ1n) is 14.5. The number of amides is 1. The molecule has 3 aliphatic rings. The van der Waals surface area contributed by atoms with Crippen molar-refractivity contribution in [3.8, 4) is 11.5 Å². The molecule has 0 bridgehead atoms. The lowest BCUT2D eigenvalue weighted by Crippen LogP contribution is -2.40. The summed E-state index contributed by atoms with van der Waals surface area (Å²) >= 11 is 8.31. The van der Waals surface area contributed by atoms with Crippen LogP contribution in [-0.2, 0) is 14.6 Å².